The molecule has 0 saturated carbocycles. The lowest BCUT2D eigenvalue weighted by atomic mass is 10.2. The van der Waals surface area contributed by atoms with E-state index in [-0.39, 0.29) is 5.91 Å². The number of benzene rings is 1. The maximum absolute atomic E-state index is 12.5. The number of likely N-dealkylation sites (N-methyl/N-ethyl adjacent to an activating group) is 1. The third-order valence-corrected chi connectivity index (χ3v) is 4.89. The number of rotatable bonds is 5. The number of hydrogen-bond acceptors (Lipinski definition) is 3. The van der Waals surface area contributed by atoms with Crippen molar-refractivity contribution in [1.82, 2.24) is 4.90 Å². The van der Waals surface area contributed by atoms with E-state index in [1.165, 1.54) is 22.6 Å². The van der Waals surface area contributed by atoms with E-state index < -0.39 is 17.8 Å². The van der Waals surface area contributed by atoms with Crippen molar-refractivity contribution in [3.05, 3.63) is 51.7 Å². The predicted molar refractivity (Wildman–Crippen MR) is 90.1 cm³/mol. The number of anilines is 1. The summed E-state index contributed by atoms with van der Waals surface area (Å²) in [5, 5.41) is 4.66. The Balaban J connectivity index is 1.97. The lowest BCUT2D eigenvalue weighted by molar-refractivity contribution is -0.137. The third kappa shape index (κ3) is 4.58. The van der Waals surface area contributed by atoms with Crippen LogP contribution in [0, 0.1) is 6.92 Å². The molecule has 0 unspecified atom stereocenters. The Bertz CT molecular complexity index is 695. The summed E-state index contributed by atoms with van der Waals surface area (Å²) in [4.78, 5) is 15.4. The van der Waals surface area contributed by atoms with Gasteiger partial charge in [-0.3, -0.25) is 9.69 Å². The van der Waals surface area contributed by atoms with Gasteiger partial charge in [0.05, 0.1) is 11.6 Å². The van der Waals surface area contributed by atoms with Gasteiger partial charge in [-0.25, -0.2) is 0 Å². The van der Waals surface area contributed by atoms with Crippen LogP contribution in [0.5, 0.6) is 0 Å². The van der Waals surface area contributed by atoms with Gasteiger partial charge in [-0.15, -0.1) is 11.3 Å². The minimum atomic E-state index is -4.38. The maximum Gasteiger partial charge on any atom is 0.416 e. The summed E-state index contributed by atoms with van der Waals surface area (Å²) in [5.41, 5.74) is 0.793. The first kappa shape index (κ1) is 18.5. The summed E-state index contributed by atoms with van der Waals surface area (Å²) in [5.74, 6) is -0.258. The molecule has 1 aromatic carbocycles. The van der Waals surface area contributed by atoms with Crippen molar-refractivity contribution in [3.8, 4) is 0 Å². The van der Waals surface area contributed by atoms with Crippen molar-refractivity contribution in [3.63, 3.8) is 0 Å². The molecule has 2 aromatic rings. The molecule has 1 N–H and O–H groups in total. The zero-order valence-corrected chi connectivity index (χ0v) is 14.5. The molecular formula is C17H19F3N2OS. The minimum absolute atomic E-state index is 0.258. The summed E-state index contributed by atoms with van der Waals surface area (Å²) >= 11 is 1.63. The molecule has 0 bridgehead atoms. The summed E-state index contributed by atoms with van der Waals surface area (Å²) in [6, 6.07) is 6.06. The van der Waals surface area contributed by atoms with Crippen LogP contribution in [-0.2, 0) is 17.5 Å². The van der Waals surface area contributed by atoms with Crippen LogP contribution in [0.15, 0.2) is 35.7 Å². The SMILES string of the molecule is Cc1ccsc1CN(C)[C@@H](C)C(=O)Nc1ccc(C(F)(F)F)cc1. The molecule has 0 fully saturated rings. The van der Waals surface area contributed by atoms with Crippen molar-refractivity contribution < 1.29 is 18.0 Å². The normalized spacial score (nSPS) is 13.1. The molecule has 0 saturated heterocycles. The van der Waals surface area contributed by atoms with Crippen molar-refractivity contribution in [1.29, 1.82) is 0 Å². The summed E-state index contributed by atoms with van der Waals surface area (Å²) < 4.78 is 37.6. The van der Waals surface area contributed by atoms with Crippen LogP contribution in [0.25, 0.3) is 0 Å². The Hall–Kier alpha value is -1.86. The number of carbonyl (C=O) groups is 1. The molecule has 0 spiro atoms. The van der Waals surface area contributed by atoms with E-state index in [0.717, 1.165) is 12.1 Å². The molecule has 0 aliphatic heterocycles. The molecule has 0 radical (unpaired) electrons. The highest BCUT2D eigenvalue weighted by atomic mass is 32.1. The number of nitrogens with zero attached hydrogens (tertiary/aromatic N) is 1. The fourth-order valence-corrected chi connectivity index (χ4v) is 3.09. The standard InChI is InChI=1S/C17H19F3N2OS/c1-11-8-9-24-15(11)10-22(3)12(2)16(23)21-14-6-4-13(5-7-14)17(18,19)20/h4-9,12H,10H2,1-3H3,(H,21,23)/t12-/m0/s1. The average Bonchev–Trinajstić information content (AvgIpc) is 2.91. The van der Waals surface area contributed by atoms with Crippen molar-refractivity contribution in [2.24, 2.45) is 0 Å². The molecule has 1 heterocycles. The second-order valence-electron chi connectivity index (χ2n) is 5.68. The zero-order chi connectivity index (χ0) is 17.9. The van der Waals surface area contributed by atoms with Crippen molar-refractivity contribution >= 4 is 22.9 Å². The largest absolute Gasteiger partial charge is 0.416 e. The molecule has 1 atom stereocenters. The topological polar surface area (TPSA) is 32.3 Å². The number of hydrogen-bond donors (Lipinski definition) is 1. The molecule has 1 amide bonds. The monoisotopic (exact) mass is 356 g/mol. The number of alkyl halides is 3. The number of aryl methyl sites for hydroxylation is 1. The van der Waals surface area contributed by atoms with Gasteiger partial charge >= 0.3 is 6.18 Å². The van der Waals surface area contributed by atoms with E-state index >= 15 is 0 Å². The highest BCUT2D eigenvalue weighted by Gasteiger charge is 2.30. The Morgan fingerprint density at radius 2 is 1.88 bits per heavy atom. The van der Waals surface area contributed by atoms with Crippen LogP contribution in [0.4, 0.5) is 18.9 Å². The number of halogens is 3. The third-order valence-electron chi connectivity index (χ3n) is 3.88. The van der Waals surface area contributed by atoms with Crippen LogP contribution in [-0.4, -0.2) is 23.9 Å². The van der Waals surface area contributed by atoms with Gasteiger partial charge in [-0.2, -0.15) is 13.2 Å². The quantitative estimate of drug-likeness (QED) is 0.853. The number of thiophene rings is 1. The minimum Gasteiger partial charge on any atom is -0.325 e. The van der Waals surface area contributed by atoms with Gasteiger partial charge in [0.15, 0.2) is 0 Å². The van der Waals surface area contributed by atoms with Crippen LogP contribution >= 0.6 is 11.3 Å². The van der Waals surface area contributed by atoms with Gasteiger partial charge in [-0.1, -0.05) is 0 Å². The maximum atomic E-state index is 12.5. The number of nitrogens with one attached hydrogen (secondary N) is 1. The van der Waals surface area contributed by atoms with Gasteiger partial charge in [-0.05, 0) is 62.2 Å². The molecule has 130 valence electrons. The highest BCUT2D eigenvalue weighted by Crippen LogP contribution is 2.29. The van der Waals surface area contributed by atoms with Crippen LogP contribution in [0.2, 0.25) is 0 Å². The number of amides is 1. The molecular weight excluding hydrogens is 337 g/mol. The molecule has 2 rings (SSSR count). The van der Waals surface area contributed by atoms with Gasteiger partial charge < -0.3 is 5.32 Å². The van der Waals surface area contributed by atoms with Gasteiger partial charge in [0.2, 0.25) is 5.91 Å². The summed E-state index contributed by atoms with van der Waals surface area (Å²) in [6.07, 6.45) is -4.38. The lowest BCUT2D eigenvalue weighted by Gasteiger charge is -2.23. The molecule has 1 aromatic heterocycles. The number of carbonyl (C=O) groups excluding carboxylic acids is 1. The van der Waals surface area contributed by atoms with Gasteiger partial charge in [0.1, 0.15) is 0 Å². The lowest BCUT2D eigenvalue weighted by Crippen LogP contribution is -2.39. The summed E-state index contributed by atoms with van der Waals surface area (Å²) in [6.45, 7) is 4.43. The van der Waals surface area contributed by atoms with E-state index in [0.29, 0.717) is 12.2 Å². The summed E-state index contributed by atoms with van der Waals surface area (Å²) in [7, 11) is 1.84. The molecule has 7 heteroatoms. The van der Waals surface area contributed by atoms with E-state index in [1.807, 2.05) is 30.3 Å². The Kier molecular flexibility index (Phi) is 5.66. The average molecular weight is 356 g/mol. The van der Waals surface area contributed by atoms with E-state index in [9.17, 15) is 18.0 Å². The van der Waals surface area contributed by atoms with Gasteiger partial charge in [0, 0.05) is 17.1 Å². The second kappa shape index (κ2) is 7.36. The predicted octanol–water partition coefficient (Wildman–Crippen LogP) is 4.53. The van der Waals surface area contributed by atoms with Crippen LogP contribution in [0.3, 0.4) is 0 Å². The molecule has 3 nitrogen and oxygen atoms in total. The van der Waals surface area contributed by atoms with Gasteiger partial charge in [0.25, 0.3) is 0 Å². The Morgan fingerprint density at radius 1 is 1.25 bits per heavy atom. The first-order valence-corrected chi connectivity index (χ1v) is 8.28. The van der Waals surface area contributed by atoms with E-state index in [1.54, 1.807) is 18.3 Å². The smallest absolute Gasteiger partial charge is 0.325 e. The van der Waals surface area contributed by atoms with Crippen molar-refractivity contribution in [2.75, 3.05) is 12.4 Å². The van der Waals surface area contributed by atoms with E-state index in [2.05, 4.69) is 5.32 Å². The fraction of sp³-hybridized carbons (Fsp3) is 0.353. The van der Waals surface area contributed by atoms with Crippen LogP contribution in [0.1, 0.15) is 22.9 Å². The zero-order valence-electron chi connectivity index (χ0n) is 13.6. The first-order chi connectivity index (χ1) is 11.2. The molecule has 24 heavy (non-hydrogen) atoms. The molecule has 0 aliphatic rings. The molecule has 0 aliphatic carbocycles. The van der Waals surface area contributed by atoms with Crippen LogP contribution < -0.4 is 5.32 Å². The fourth-order valence-electron chi connectivity index (χ4n) is 2.12. The van der Waals surface area contributed by atoms with Crippen molar-refractivity contribution in [2.45, 2.75) is 32.6 Å². The first-order valence-electron chi connectivity index (χ1n) is 7.40. The highest BCUT2D eigenvalue weighted by molar-refractivity contribution is 7.10. The second-order valence-corrected chi connectivity index (χ2v) is 6.68. The Morgan fingerprint density at radius 3 is 2.38 bits per heavy atom. The Labute approximate surface area is 143 Å². The van der Waals surface area contributed by atoms with E-state index in [4.69, 9.17) is 0 Å².